The summed E-state index contributed by atoms with van der Waals surface area (Å²) in [7, 11) is 3.14. The minimum atomic E-state index is -0.0434. The highest BCUT2D eigenvalue weighted by molar-refractivity contribution is 5.95. The van der Waals surface area contributed by atoms with Crippen LogP contribution < -0.4 is 19.7 Å². The molecule has 1 aliphatic heterocycles. The molecular formula is C23H26N6O3. The Kier molecular flexibility index (Phi) is 6.34. The predicted molar refractivity (Wildman–Crippen MR) is 122 cm³/mol. The Bertz CT molecular complexity index is 1040. The van der Waals surface area contributed by atoms with Gasteiger partial charge in [-0.2, -0.15) is 0 Å². The Morgan fingerprint density at radius 3 is 2.16 bits per heavy atom. The Hall–Kier alpha value is -3.88. The van der Waals surface area contributed by atoms with Gasteiger partial charge in [0.15, 0.2) is 11.6 Å². The van der Waals surface area contributed by atoms with Crippen LogP contribution >= 0.6 is 0 Å². The topological polar surface area (TPSA) is 92.7 Å². The van der Waals surface area contributed by atoms with Crippen molar-refractivity contribution in [2.45, 2.75) is 6.92 Å². The molecule has 32 heavy (non-hydrogen) atoms. The van der Waals surface area contributed by atoms with E-state index in [9.17, 15) is 4.79 Å². The van der Waals surface area contributed by atoms with Gasteiger partial charge in [-0.1, -0.05) is 6.07 Å². The molecule has 166 valence electrons. The van der Waals surface area contributed by atoms with Gasteiger partial charge in [0.25, 0.3) is 5.91 Å². The number of carbonyl (C=O) groups is 1. The van der Waals surface area contributed by atoms with Gasteiger partial charge in [-0.3, -0.25) is 4.79 Å². The van der Waals surface area contributed by atoms with Gasteiger partial charge in [-0.15, -0.1) is 10.2 Å². The van der Waals surface area contributed by atoms with Gasteiger partial charge < -0.3 is 24.6 Å². The van der Waals surface area contributed by atoms with Gasteiger partial charge >= 0.3 is 0 Å². The number of carbonyl (C=O) groups excluding carboxylic acids is 1. The number of benzene rings is 1. The molecule has 1 N–H and O–H groups in total. The lowest BCUT2D eigenvalue weighted by Crippen LogP contribution is -2.49. The van der Waals surface area contributed by atoms with E-state index < -0.39 is 0 Å². The third kappa shape index (κ3) is 4.88. The molecule has 0 bridgehead atoms. The van der Waals surface area contributed by atoms with Crippen LogP contribution in [0.2, 0.25) is 0 Å². The van der Waals surface area contributed by atoms with Gasteiger partial charge in [-0.25, -0.2) is 4.98 Å². The first-order valence-corrected chi connectivity index (χ1v) is 10.4. The van der Waals surface area contributed by atoms with Crippen LogP contribution in [-0.2, 0) is 0 Å². The Morgan fingerprint density at radius 1 is 0.906 bits per heavy atom. The molecule has 1 saturated heterocycles. The molecule has 9 heteroatoms. The quantitative estimate of drug-likeness (QED) is 0.633. The van der Waals surface area contributed by atoms with Crippen LogP contribution in [0.3, 0.4) is 0 Å². The van der Waals surface area contributed by atoms with Crippen molar-refractivity contribution in [2.24, 2.45) is 0 Å². The molecule has 1 amide bonds. The van der Waals surface area contributed by atoms with E-state index in [-0.39, 0.29) is 5.91 Å². The fourth-order valence-corrected chi connectivity index (χ4v) is 3.49. The molecule has 0 atom stereocenters. The Balaban J connectivity index is 1.36. The number of hydrogen-bond donors (Lipinski definition) is 1. The zero-order chi connectivity index (χ0) is 22.5. The van der Waals surface area contributed by atoms with Crippen LogP contribution in [-0.4, -0.2) is 66.4 Å². The van der Waals surface area contributed by atoms with E-state index >= 15 is 0 Å². The molecule has 0 spiro atoms. The zero-order valence-electron chi connectivity index (χ0n) is 18.4. The molecule has 0 radical (unpaired) electrons. The minimum Gasteiger partial charge on any atom is -0.497 e. The number of nitrogens with one attached hydrogen (secondary N) is 1. The molecule has 0 unspecified atom stereocenters. The summed E-state index contributed by atoms with van der Waals surface area (Å²) in [5.41, 5.74) is 1.65. The highest BCUT2D eigenvalue weighted by Gasteiger charge is 2.24. The third-order valence-corrected chi connectivity index (χ3v) is 5.31. The summed E-state index contributed by atoms with van der Waals surface area (Å²) in [6.07, 6.45) is 1.80. The SMILES string of the molecule is COc1cc(OC)cc(C(=O)N2CCN(c3ccc(Nc4ccc(C)cn4)nn3)CC2)c1. The van der Waals surface area contributed by atoms with Crippen molar-refractivity contribution in [3.63, 3.8) is 0 Å². The molecule has 1 aliphatic rings. The fourth-order valence-electron chi connectivity index (χ4n) is 3.49. The number of hydrogen-bond acceptors (Lipinski definition) is 8. The van der Waals surface area contributed by atoms with Crippen molar-refractivity contribution in [3.8, 4) is 11.5 Å². The molecule has 3 aromatic rings. The summed E-state index contributed by atoms with van der Waals surface area (Å²) < 4.78 is 10.6. The average molecular weight is 435 g/mol. The molecule has 0 aliphatic carbocycles. The molecule has 2 aromatic heterocycles. The predicted octanol–water partition coefficient (Wildman–Crippen LogP) is 2.90. The first-order valence-electron chi connectivity index (χ1n) is 10.4. The number of nitrogens with zero attached hydrogens (tertiary/aromatic N) is 5. The van der Waals surface area contributed by atoms with Crippen molar-refractivity contribution < 1.29 is 14.3 Å². The van der Waals surface area contributed by atoms with Crippen LogP contribution in [0.1, 0.15) is 15.9 Å². The lowest BCUT2D eigenvalue weighted by Gasteiger charge is -2.35. The van der Waals surface area contributed by atoms with E-state index in [0.29, 0.717) is 49.1 Å². The standard InChI is InChI=1S/C23H26N6O3/c1-16-4-5-20(24-15-16)25-21-6-7-22(27-26-21)28-8-10-29(11-9-28)23(30)17-12-18(31-2)14-19(13-17)32-3/h4-7,12-15H,8-11H2,1-3H3,(H,24,25,26). The minimum absolute atomic E-state index is 0.0434. The van der Waals surface area contributed by atoms with Crippen molar-refractivity contribution in [3.05, 3.63) is 59.8 Å². The summed E-state index contributed by atoms with van der Waals surface area (Å²) in [6.45, 7) is 4.52. The van der Waals surface area contributed by atoms with E-state index in [1.807, 2.05) is 36.1 Å². The summed E-state index contributed by atoms with van der Waals surface area (Å²) in [5, 5.41) is 11.7. The average Bonchev–Trinajstić information content (AvgIpc) is 2.85. The third-order valence-electron chi connectivity index (χ3n) is 5.31. The normalized spacial score (nSPS) is 13.6. The summed E-state index contributed by atoms with van der Waals surface area (Å²) in [5.74, 6) is 3.28. The van der Waals surface area contributed by atoms with E-state index in [2.05, 4.69) is 25.4 Å². The summed E-state index contributed by atoms with van der Waals surface area (Å²) in [6, 6.07) is 12.9. The maximum Gasteiger partial charge on any atom is 0.254 e. The second-order valence-corrected chi connectivity index (χ2v) is 7.50. The van der Waals surface area contributed by atoms with E-state index in [1.54, 1.807) is 38.6 Å². The van der Waals surface area contributed by atoms with Crippen LogP contribution in [0, 0.1) is 6.92 Å². The van der Waals surface area contributed by atoms with Crippen LogP contribution in [0.5, 0.6) is 11.5 Å². The first kappa shape index (κ1) is 21.4. The zero-order valence-corrected chi connectivity index (χ0v) is 18.4. The maximum absolute atomic E-state index is 13.0. The van der Waals surface area contributed by atoms with Crippen molar-refractivity contribution in [2.75, 3.05) is 50.6 Å². The maximum atomic E-state index is 13.0. The Labute approximate surface area is 187 Å². The molecule has 3 heterocycles. The summed E-state index contributed by atoms with van der Waals surface area (Å²) in [4.78, 5) is 21.2. The monoisotopic (exact) mass is 434 g/mol. The molecular weight excluding hydrogens is 408 g/mol. The fraction of sp³-hybridized carbons (Fsp3) is 0.304. The van der Waals surface area contributed by atoms with Crippen LogP contribution in [0.25, 0.3) is 0 Å². The molecule has 1 aromatic carbocycles. The number of piperazine rings is 1. The number of anilines is 3. The van der Waals surface area contributed by atoms with Crippen LogP contribution in [0.15, 0.2) is 48.7 Å². The summed E-state index contributed by atoms with van der Waals surface area (Å²) >= 11 is 0. The second kappa shape index (κ2) is 9.51. The number of amides is 1. The van der Waals surface area contributed by atoms with Crippen molar-refractivity contribution >= 4 is 23.4 Å². The van der Waals surface area contributed by atoms with E-state index in [1.165, 1.54) is 0 Å². The van der Waals surface area contributed by atoms with Gasteiger partial charge in [0.05, 0.1) is 14.2 Å². The molecule has 9 nitrogen and oxygen atoms in total. The Morgan fingerprint density at radius 2 is 1.59 bits per heavy atom. The molecule has 4 rings (SSSR count). The lowest BCUT2D eigenvalue weighted by molar-refractivity contribution is 0.0745. The van der Waals surface area contributed by atoms with E-state index in [0.717, 1.165) is 17.2 Å². The largest absolute Gasteiger partial charge is 0.497 e. The van der Waals surface area contributed by atoms with E-state index in [4.69, 9.17) is 9.47 Å². The number of aromatic nitrogens is 3. The molecule has 0 saturated carbocycles. The highest BCUT2D eigenvalue weighted by atomic mass is 16.5. The van der Waals surface area contributed by atoms with Crippen molar-refractivity contribution in [1.82, 2.24) is 20.1 Å². The van der Waals surface area contributed by atoms with Crippen LogP contribution in [0.4, 0.5) is 17.5 Å². The number of ether oxygens (including phenoxy) is 2. The van der Waals surface area contributed by atoms with Gasteiger partial charge in [-0.05, 0) is 42.8 Å². The van der Waals surface area contributed by atoms with Gasteiger partial charge in [0.1, 0.15) is 17.3 Å². The second-order valence-electron chi connectivity index (χ2n) is 7.50. The number of aryl methyl sites for hydroxylation is 1. The van der Waals surface area contributed by atoms with Crippen molar-refractivity contribution in [1.29, 1.82) is 0 Å². The lowest BCUT2D eigenvalue weighted by atomic mass is 10.1. The number of pyridine rings is 1. The van der Waals surface area contributed by atoms with Gasteiger partial charge in [0, 0.05) is 44.0 Å². The number of rotatable bonds is 6. The first-order chi connectivity index (χ1) is 15.6. The molecule has 1 fully saturated rings. The number of methoxy groups -OCH3 is 2. The van der Waals surface area contributed by atoms with Gasteiger partial charge in [0.2, 0.25) is 0 Å². The highest BCUT2D eigenvalue weighted by Crippen LogP contribution is 2.24. The smallest absolute Gasteiger partial charge is 0.254 e.